The molecule has 2 aromatic rings. The molecule has 0 saturated heterocycles. The molecular weight excluding hydrogens is 283 g/mol. The van der Waals surface area contributed by atoms with Gasteiger partial charge >= 0.3 is 5.97 Å². The standard InChI is InChI=1S/C13H11FN2O5/c1-20-6-7-5-10(16-21-7)12(17)15-9-4-2-3-8(14)11(9)13(18)19/h2-5H,6H2,1H3,(H,15,17)(H,18,19). The lowest BCUT2D eigenvalue weighted by Gasteiger charge is -2.07. The molecule has 0 fully saturated rings. The smallest absolute Gasteiger partial charge is 0.340 e. The number of methoxy groups -OCH3 is 1. The zero-order chi connectivity index (χ0) is 15.4. The van der Waals surface area contributed by atoms with Gasteiger partial charge in [0.2, 0.25) is 0 Å². The van der Waals surface area contributed by atoms with Gasteiger partial charge in [-0.1, -0.05) is 11.2 Å². The number of nitrogens with zero attached hydrogens (tertiary/aromatic N) is 1. The fourth-order valence-corrected chi connectivity index (χ4v) is 1.66. The zero-order valence-corrected chi connectivity index (χ0v) is 10.9. The Labute approximate surface area is 118 Å². The van der Waals surface area contributed by atoms with Crippen molar-refractivity contribution in [2.24, 2.45) is 0 Å². The van der Waals surface area contributed by atoms with E-state index in [9.17, 15) is 14.0 Å². The second-order valence-electron chi connectivity index (χ2n) is 4.03. The molecule has 0 atom stereocenters. The summed E-state index contributed by atoms with van der Waals surface area (Å²) in [7, 11) is 1.45. The molecule has 8 heteroatoms. The predicted octanol–water partition coefficient (Wildman–Crippen LogP) is 1.91. The van der Waals surface area contributed by atoms with E-state index in [0.29, 0.717) is 5.76 Å². The SMILES string of the molecule is COCc1cc(C(=O)Nc2cccc(F)c2C(=O)O)no1. The van der Waals surface area contributed by atoms with Gasteiger partial charge in [-0.15, -0.1) is 0 Å². The first kappa shape index (κ1) is 14.7. The highest BCUT2D eigenvalue weighted by molar-refractivity contribution is 6.06. The summed E-state index contributed by atoms with van der Waals surface area (Å²) in [5.74, 6) is -2.81. The summed E-state index contributed by atoms with van der Waals surface area (Å²) in [5, 5.41) is 14.8. The van der Waals surface area contributed by atoms with Crippen molar-refractivity contribution in [1.29, 1.82) is 0 Å². The molecule has 1 aromatic heterocycles. The first-order valence-electron chi connectivity index (χ1n) is 5.80. The molecule has 1 heterocycles. The minimum atomic E-state index is -1.48. The zero-order valence-electron chi connectivity index (χ0n) is 10.9. The maximum atomic E-state index is 13.5. The minimum Gasteiger partial charge on any atom is -0.478 e. The summed E-state index contributed by atoms with van der Waals surface area (Å²) < 4.78 is 23.1. The van der Waals surface area contributed by atoms with Crippen LogP contribution in [-0.4, -0.2) is 29.2 Å². The van der Waals surface area contributed by atoms with Crippen molar-refractivity contribution >= 4 is 17.6 Å². The van der Waals surface area contributed by atoms with Gasteiger partial charge in [0.25, 0.3) is 5.91 Å². The summed E-state index contributed by atoms with van der Waals surface area (Å²) >= 11 is 0. The lowest BCUT2D eigenvalue weighted by molar-refractivity contribution is 0.0693. The van der Waals surface area contributed by atoms with Gasteiger partial charge in [0.1, 0.15) is 18.0 Å². The maximum Gasteiger partial charge on any atom is 0.340 e. The van der Waals surface area contributed by atoms with Crippen LogP contribution in [0.4, 0.5) is 10.1 Å². The number of hydrogen-bond acceptors (Lipinski definition) is 5. The van der Waals surface area contributed by atoms with Gasteiger partial charge in [-0.05, 0) is 12.1 Å². The van der Waals surface area contributed by atoms with Crippen LogP contribution in [0.25, 0.3) is 0 Å². The molecule has 0 unspecified atom stereocenters. The van der Waals surface area contributed by atoms with E-state index in [1.807, 2.05) is 0 Å². The Morgan fingerprint density at radius 2 is 2.24 bits per heavy atom. The highest BCUT2D eigenvalue weighted by atomic mass is 19.1. The number of benzene rings is 1. The number of aromatic nitrogens is 1. The van der Waals surface area contributed by atoms with Crippen molar-refractivity contribution in [3.05, 3.63) is 47.1 Å². The Bertz CT molecular complexity index is 683. The van der Waals surface area contributed by atoms with E-state index in [-0.39, 0.29) is 18.0 Å². The molecule has 0 aliphatic carbocycles. The van der Waals surface area contributed by atoms with Crippen LogP contribution in [0.5, 0.6) is 0 Å². The number of aromatic carboxylic acids is 1. The van der Waals surface area contributed by atoms with E-state index in [1.54, 1.807) is 0 Å². The number of amides is 1. The Kier molecular flexibility index (Phi) is 4.29. The molecule has 0 saturated carbocycles. The van der Waals surface area contributed by atoms with Crippen LogP contribution >= 0.6 is 0 Å². The van der Waals surface area contributed by atoms with Crippen LogP contribution < -0.4 is 5.32 Å². The number of ether oxygens (including phenoxy) is 1. The highest BCUT2D eigenvalue weighted by Gasteiger charge is 2.19. The predicted molar refractivity (Wildman–Crippen MR) is 68.5 cm³/mol. The fraction of sp³-hybridized carbons (Fsp3) is 0.154. The number of hydrogen-bond donors (Lipinski definition) is 2. The first-order valence-corrected chi connectivity index (χ1v) is 5.80. The number of carbonyl (C=O) groups is 2. The molecule has 0 spiro atoms. The quantitative estimate of drug-likeness (QED) is 0.873. The molecule has 0 aliphatic heterocycles. The number of rotatable bonds is 5. The largest absolute Gasteiger partial charge is 0.478 e. The summed E-state index contributed by atoms with van der Waals surface area (Å²) in [4.78, 5) is 22.9. The molecular formula is C13H11FN2O5. The number of anilines is 1. The molecule has 110 valence electrons. The maximum absolute atomic E-state index is 13.5. The van der Waals surface area contributed by atoms with Gasteiger partial charge in [-0.2, -0.15) is 0 Å². The first-order chi connectivity index (χ1) is 10.0. The van der Waals surface area contributed by atoms with Crippen molar-refractivity contribution in [3.8, 4) is 0 Å². The van der Waals surface area contributed by atoms with Gasteiger partial charge < -0.3 is 19.7 Å². The van der Waals surface area contributed by atoms with E-state index >= 15 is 0 Å². The van der Waals surface area contributed by atoms with Gasteiger partial charge in [0.15, 0.2) is 11.5 Å². The van der Waals surface area contributed by atoms with Crippen LogP contribution in [0.2, 0.25) is 0 Å². The summed E-state index contributed by atoms with van der Waals surface area (Å²) in [6.07, 6.45) is 0. The van der Waals surface area contributed by atoms with Gasteiger partial charge in [0, 0.05) is 13.2 Å². The van der Waals surface area contributed by atoms with Gasteiger partial charge in [-0.3, -0.25) is 4.79 Å². The second kappa shape index (κ2) is 6.14. The van der Waals surface area contributed by atoms with Crippen LogP contribution in [0.15, 0.2) is 28.8 Å². The Hall–Kier alpha value is -2.74. The topological polar surface area (TPSA) is 102 Å². The van der Waals surface area contributed by atoms with Crippen LogP contribution in [0.1, 0.15) is 26.6 Å². The third-order valence-corrected chi connectivity index (χ3v) is 2.55. The molecule has 0 radical (unpaired) electrons. The molecule has 0 aliphatic rings. The number of carboxylic acids is 1. The summed E-state index contributed by atoms with van der Waals surface area (Å²) in [5.41, 5.74) is -0.849. The number of carboxylic acid groups (broad SMARTS) is 1. The molecule has 2 N–H and O–H groups in total. The third-order valence-electron chi connectivity index (χ3n) is 2.55. The molecule has 21 heavy (non-hydrogen) atoms. The van der Waals surface area contributed by atoms with E-state index in [4.69, 9.17) is 14.4 Å². The monoisotopic (exact) mass is 294 g/mol. The average molecular weight is 294 g/mol. The molecule has 1 amide bonds. The minimum absolute atomic E-state index is 0.0670. The lowest BCUT2D eigenvalue weighted by Crippen LogP contribution is -2.16. The van der Waals surface area contributed by atoms with Crippen molar-refractivity contribution in [3.63, 3.8) is 0 Å². The number of halogens is 1. The van der Waals surface area contributed by atoms with Crippen molar-refractivity contribution in [2.75, 3.05) is 12.4 Å². The van der Waals surface area contributed by atoms with Crippen LogP contribution in [0.3, 0.4) is 0 Å². The second-order valence-corrected chi connectivity index (χ2v) is 4.03. The summed E-state index contributed by atoms with van der Waals surface area (Å²) in [6.45, 7) is 0.140. The molecule has 1 aromatic carbocycles. The molecule has 2 rings (SSSR count). The van der Waals surface area contributed by atoms with Crippen molar-refractivity contribution in [2.45, 2.75) is 6.61 Å². The van der Waals surface area contributed by atoms with E-state index in [0.717, 1.165) is 6.07 Å². The number of nitrogens with one attached hydrogen (secondary N) is 1. The van der Waals surface area contributed by atoms with E-state index in [2.05, 4.69) is 10.5 Å². The normalized spacial score (nSPS) is 10.4. The highest BCUT2D eigenvalue weighted by Crippen LogP contribution is 2.20. The van der Waals surface area contributed by atoms with Crippen molar-refractivity contribution < 1.29 is 28.3 Å². The Morgan fingerprint density at radius 3 is 2.90 bits per heavy atom. The summed E-state index contributed by atoms with van der Waals surface area (Å²) in [6, 6.07) is 4.90. The lowest BCUT2D eigenvalue weighted by atomic mass is 10.1. The van der Waals surface area contributed by atoms with Crippen molar-refractivity contribution in [1.82, 2.24) is 5.16 Å². The van der Waals surface area contributed by atoms with Crippen LogP contribution in [-0.2, 0) is 11.3 Å². The molecule has 7 nitrogen and oxygen atoms in total. The van der Waals surface area contributed by atoms with Gasteiger partial charge in [0.05, 0.1) is 5.69 Å². The Morgan fingerprint density at radius 1 is 1.48 bits per heavy atom. The third kappa shape index (κ3) is 3.23. The molecule has 0 bridgehead atoms. The average Bonchev–Trinajstić information content (AvgIpc) is 2.87. The fourth-order valence-electron chi connectivity index (χ4n) is 1.66. The van der Waals surface area contributed by atoms with Gasteiger partial charge in [-0.25, -0.2) is 9.18 Å². The Balaban J connectivity index is 2.23. The van der Waals surface area contributed by atoms with E-state index in [1.165, 1.54) is 25.3 Å². The van der Waals surface area contributed by atoms with E-state index < -0.39 is 23.3 Å². The number of carbonyl (C=O) groups excluding carboxylic acids is 1. The van der Waals surface area contributed by atoms with Crippen LogP contribution in [0, 0.1) is 5.82 Å².